The van der Waals surface area contributed by atoms with Crippen molar-refractivity contribution in [3.8, 4) is 5.75 Å². The van der Waals surface area contributed by atoms with E-state index < -0.39 is 4.92 Å². The normalized spacial score (nSPS) is 10.7. The number of benzene rings is 2. The quantitative estimate of drug-likeness (QED) is 0.468. The van der Waals surface area contributed by atoms with Crippen molar-refractivity contribution in [3.63, 3.8) is 0 Å². The maximum absolute atomic E-state index is 12.1. The van der Waals surface area contributed by atoms with Crippen molar-refractivity contribution in [1.82, 2.24) is 5.43 Å². The first-order valence-electron chi connectivity index (χ1n) is 8.20. The van der Waals surface area contributed by atoms with Crippen molar-refractivity contribution < 1.29 is 14.5 Å². The average molecular weight is 355 g/mol. The molecular weight excluding hydrogens is 334 g/mol. The summed E-state index contributed by atoms with van der Waals surface area (Å²) in [7, 11) is 0. The van der Waals surface area contributed by atoms with E-state index in [0.29, 0.717) is 17.9 Å². The molecule has 0 saturated carbocycles. The lowest BCUT2D eigenvalue weighted by Gasteiger charge is -2.07. The van der Waals surface area contributed by atoms with Crippen LogP contribution in [0.5, 0.6) is 5.75 Å². The van der Waals surface area contributed by atoms with Crippen LogP contribution < -0.4 is 10.2 Å². The van der Waals surface area contributed by atoms with E-state index in [2.05, 4.69) is 10.5 Å². The van der Waals surface area contributed by atoms with E-state index >= 15 is 0 Å². The van der Waals surface area contributed by atoms with Gasteiger partial charge in [-0.25, -0.2) is 5.43 Å². The van der Waals surface area contributed by atoms with E-state index in [0.717, 1.165) is 16.7 Å². The van der Waals surface area contributed by atoms with Gasteiger partial charge in [0.1, 0.15) is 5.75 Å². The average Bonchev–Trinajstić information content (AvgIpc) is 2.59. The number of hydrazone groups is 1. The predicted octanol–water partition coefficient (Wildman–Crippen LogP) is 3.30. The maximum Gasteiger partial charge on any atom is 0.270 e. The molecule has 7 nitrogen and oxygen atoms in total. The van der Waals surface area contributed by atoms with Gasteiger partial charge in [0.2, 0.25) is 5.91 Å². The molecule has 0 unspecified atom stereocenters. The Kier molecular flexibility index (Phi) is 6.43. The maximum atomic E-state index is 12.1. The highest BCUT2D eigenvalue weighted by molar-refractivity contribution is 5.86. The molecule has 0 heterocycles. The van der Waals surface area contributed by atoms with Crippen molar-refractivity contribution in [1.29, 1.82) is 0 Å². The second-order valence-electron chi connectivity index (χ2n) is 5.81. The van der Waals surface area contributed by atoms with E-state index in [9.17, 15) is 14.9 Å². The van der Waals surface area contributed by atoms with E-state index in [1.165, 1.54) is 24.4 Å². The number of nitro groups is 1. The Morgan fingerprint density at radius 1 is 1.27 bits per heavy atom. The number of amides is 1. The summed E-state index contributed by atoms with van der Waals surface area (Å²) in [5.41, 5.74) is 5.90. The monoisotopic (exact) mass is 355 g/mol. The summed E-state index contributed by atoms with van der Waals surface area (Å²) in [6, 6.07) is 10.1. The van der Waals surface area contributed by atoms with E-state index in [4.69, 9.17) is 4.74 Å². The van der Waals surface area contributed by atoms with E-state index in [1.807, 2.05) is 39.0 Å². The highest BCUT2D eigenvalue weighted by atomic mass is 16.6. The van der Waals surface area contributed by atoms with Gasteiger partial charge in [-0.3, -0.25) is 14.9 Å². The zero-order chi connectivity index (χ0) is 19.1. The van der Waals surface area contributed by atoms with Crippen LogP contribution in [-0.4, -0.2) is 23.7 Å². The Labute approximate surface area is 151 Å². The Morgan fingerprint density at radius 3 is 2.69 bits per heavy atom. The molecule has 26 heavy (non-hydrogen) atoms. The van der Waals surface area contributed by atoms with Gasteiger partial charge < -0.3 is 4.74 Å². The van der Waals surface area contributed by atoms with Crippen LogP contribution in [0.2, 0.25) is 0 Å². The minimum Gasteiger partial charge on any atom is -0.493 e. The first-order valence-corrected chi connectivity index (χ1v) is 8.20. The van der Waals surface area contributed by atoms with Crippen LogP contribution in [0.3, 0.4) is 0 Å². The second-order valence-corrected chi connectivity index (χ2v) is 5.81. The van der Waals surface area contributed by atoms with E-state index in [-0.39, 0.29) is 18.0 Å². The molecule has 136 valence electrons. The van der Waals surface area contributed by atoms with Crippen LogP contribution >= 0.6 is 0 Å². The van der Waals surface area contributed by atoms with Gasteiger partial charge in [0.15, 0.2) is 0 Å². The summed E-state index contributed by atoms with van der Waals surface area (Å²) in [5, 5.41) is 14.8. The van der Waals surface area contributed by atoms with Crippen LogP contribution in [0.25, 0.3) is 0 Å². The van der Waals surface area contributed by atoms with Gasteiger partial charge in [-0.2, -0.15) is 5.10 Å². The van der Waals surface area contributed by atoms with Crippen LogP contribution in [-0.2, 0) is 11.2 Å². The van der Waals surface area contributed by atoms with Crippen LogP contribution in [0.1, 0.15) is 29.2 Å². The number of rotatable bonds is 7. The van der Waals surface area contributed by atoms with E-state index in [1.54, 1.807) is 0 Å². The predicted molar refractivity (Wildman–Crippen MR) is 99.6 cm³/mol. The third kappa shape index (κ3) is 5.14. The minimum atomic E-state index is -0.494. The molecule has 1 amide bonds. The Hall–Kier alpha value is -3.22. The Bertz CT molecular complexity index is 847. The van der Waals surface area contributed by atoms with Gasteiger partial charge in [0, 0.05) is 17.7 Å². The highest BCUT2D eigenvalue weighted by Crippen LogP contribution is 2.22. The third-order valence-electron chi connectivity index (χ3n) is 3.75. The molecule has 2 aromatic rings. The first kappa shape index (κ1) is 19.1. The topological polar surface area (TPSA) is 93.8 Å². The summed E-state index contributed by atoms with van der Waals surface area (Å²) in [4.78, 5) is 22.5. The molecule has 0 aliphatic carbocycles. The fourth-order valence-electron chi connectivity index (χ4n) is 2.47. The second kappa shape index (κ2) is 8.75. The molecule has 2 aromatic carbocycles. The molecular formula is C19H21N3O4. The number of hydrogen-bond acceptors (Lipinski definition) is 5. The molecule has 0 radical (unpaired) electrons. The molecule has 0 aliphatic rings. The lowest BCUT2D eigenvalue weighted by Crippen LogP contribution is -2.20. The highest BCUT2D eigenvalue weighted by Gasteiger charge is 2.11. The standard InChI is InChI=1S/C19H21N3O4/c1-4-26-18-8-7-17(22(24)25)10-16(18)12-20-21-19(23)11-15-6-5-13(2)9-14(15)3/h5-10,12H,4,11H2,1-3H3,(H,21,23)/b20-12-. The summed E-state index contributed by atoms with van der Waals surface area (Å²) in [6.45, 7) is 6.18. The molecule has 0 atom stereocenters. The van der Waals surface area contributed by atoms with Crippen molar-refractivity contribution in [2.24, 2.45) is 5.10 Å². The smallest absolute Gasteiger partial charge is 0.270 e. The number of ether oxygens (including phenoxy) is 1. The molecule has 0 fully saturated rings. The number of aryl methyl sites for hydroxylation is 2. The number of nitro benzene ring substituents is 1. The van der Waals surface area contributed by atoms with Crippen LogP contribution in [0.15, 0.2) is 41.5 Å². The van der Waals surface area contributed by atoms with Gasteiger partial charge in [0.05, 0.1) is 24.2 Å². The summed E-state index contributed by atoms with van der Waals surface area (Å²) in [6.07, 6.45) is 1.55. The molecule has 2 rings (SSSR count). The number of non-ortho nitro benzene ring substituents is 1. The fraction of sp³-hybridized carbons (Fsp3) is 0.263. The van der Waals surface area contributed by atoms with Gasteiger partial charge in [-0.15, -0.1) is 0 Å². The minimum absolute atomic E-state index is 0.0727. The van der Waals surface area contributed by atoms with Crippen molar-refractivity contribution in [2.45, 2.75) is 27.2 Å². The summed E-state index contributed by atoms with van der Waals surface area (Å²) in [5.74, 6) is 0.196. The zero-order valence-electron chi connectivity index (χ0n) is 15.0. The van der Waals surface area contributed by atoms with Crippen molar-refractivity contribution >= 4 is 17.8 Å². The summed E-state index contributed by atoms with van der Waals surface area (Å²) >= 11 is 0. The Morgan fingerprint density at radius 2 is 2.04 bits per heavy atom. The van der Waals surface area contributed by atoms with Gasteiger partial charge in [0.25, 0.3) is 5.69 Å². The van der Waals surface area contributed by atoms with Crippen LogP contribution in [0.4, 0.5) is 5.69 Å². The summed E-state index contributed by atoms with van der Waals surface area (Å²) < 4.78 is 5.43. The number of nitrogens with zero attached hydrogens (tertiary/aromatic N) is 2. The number of nitrogens with one attached hydrogen (secondary N) is 1. The van der Waals surface area contributed by atoms with Gasteiger partial charge in [-0.05, 0) is 38.0 Å². The van der Waals surface area contributed by atoms with Crippen molar-refractivity contribution in [3.05, 3.63) is 68.8 Å². The number of hydrogen-bond donors (Lipinski definition) is 1. The SMILES string of the molecule is CCOc1ccc([N+](=O)[O-])cc1/C=N\NC(=O)Cc1ccc(C)cc1C. The first-order chi connectivity index (χ1) is 12.4. The lowest BCUT2D eigenvalue weighted by atomic mass is 10.0. The number of carbonyl (C=O) groups is 1. The fourth-order valence-corrected chi connectivity index (χ4v) is 2.47. The van der Waals surface area contributed by atoms with Gasteiger partial charge >= 0.3 is 0 Å². The van der Waals surface area contributed by atoms with Gasteiger partial charge in [-0.1, -0.05) is 23.8 Å². The molecule has 0 aliphatic heterocycles. The third-order valence-corrected chi connectivity index (χ3v) is 3.75. The van der Waals surface area contributed by atoms with Crippen molar-refractivity contribution in [2.75, 3.05) is 6.61 Å². The number of carbonyl (C=O) groups excluding carboxylic acids is 1. The zero-order valence-corrected chi connectivity index (χ0v) is 15.0. The molecule has 7 heteroatoms. The largest absolute Gasteiger partial charge is 0.493 e. The lowest BCUT2D eigenvalue weighted by molar-refractivity contribution is -0.384. The molecule has 0 aromatic heterocycles. The molecule has 1 N–H and O–H groups in total. The molecule has 0 bridgehead atoms. The molecule has 0 saturated heterocycles. The molecule has 0 spiro atoms. The van der Waals surface area contributed by atoms with Crippen LogP contribution in [0, 0.1) is 24.0 Å². The Balaban J connectivity index is 2.07.